The molecule has 1 aliphatic rings. The number of anilines is 1. The molecule has 0 unspecified atom stereocenters. The summed E-state index contributed by atoms with van der Waals surface area (Å²) in [7, 11) is 4.87. The second kappa shape index (κ2) is 13.4. The maximum atomic E-state index is 12.7. The summed E-state index contributed by atoms with van der Waals surface area (Å²) in [5.41, 5.74) is 3.93. The van der Waals surface area contributed by atoms with Gasteiger partial charge in [0.15, 0.2) is 11.5 Å². The van der Waals surface area contributed by atoms with E-state index in [1.807, 2.05) is 37.8 Å². The molecule has 0 saturated carbocycles. The van der Waals surface area contributed by atoms with Gasteiger partial charge in [0, 0.05) is 36.3 Å². The van der Waals surface area contributed by atoms with E-state index >= 15 is 0 Å². The van der Waals surface area contributed by atoms with Gasteiger partial charge in [-0.25, -0.2) is 4.79 Å². The topological polar surface area (TPSA) is 60.5 Å². The summed E-state index contributed by atoms with van der Waals surface area (Å²) in [5.74, 6) is 1.83. The van der Waals surface area contributed by atoms with Crippen molar-refractivity contribution in [1.82, 2.24) is 4.90 Å². The van der Waals surface area contributed by atoms with Gasteiger partial charge in [0.1, 0.15) is 5.60 Å². The number of carbonyl (C=O) groups is 1. The van der Waals surface area contributed by atoms with Crippen LogP contribution in [-0.2, 0) is 11.3 Å². The minimum absolute atomic E-state index is 0.232. The molecule has 0 atom stereocenters. The fourth-order valence-electron chi connectivity index (χ4n) is 5.19. The Bertz CT molecular complexity index is 1290. The van der Waals surface area contributed by atoms with Gasteiger partial charge in [-0.15, -0.1) is 11.8 Å². The number of thioether (sulfide) groups is 1. The zero-order valence-electron chi connectivity index (χ0n) is 25.2. The lowest BCUT2D eigenvalue weighted by Crippen LogP contribution is -2.48. The maximum Gasteiger partial charge on any atom is 0.410 e. The summed E-state index contributed by atoms with van der Waals surface area (Å²) in [5, 5.41) is 0. The van der Waals surface area contributed by atoms with E-state index in [1.165, 1.54) is 16.1 Å². The highest BCUT2D eigenvalue weighted by Gasteiger charge is 2.30. The Labute approximate surface area is 248 Å². The van der Waals surface area contributed by atoms with Gasteiger partial charge in [-0.3, -0.25) is 0 Å². The molecule has 8 heteroatoms. The second-order valence-electron chi connectivity index (χ2n) is 11.1. The molecular weight excluding hydrogens is 536 g/mol. The van der Waals surface area contributed by atoms with Gasteiger partial charge in [0.25, 0.3) is 0 Å². The standard InChI is InChI=1S/C33H42N2O5S/c1-33(2,3)40-32(36)34-17-15-27(16-18-34)35(26-11-13-28(41-7)14-12-26)22-23-9-8-10-24(19-23)25-20-29(37-4)31(39-6)30(21-25)38-5/h8-14,19-21,27H,15-18,22H2,1-7H3. The van der Waals surface area contributed by atoms with E-state index in [0.717, 1.165) is 30.5 Å². The third kappa shape index (κ3) is 7.61. The van der Waals surface area contributed by atoms with Gasteiger partial charge in [0.2, 0.25) is 5.75 Å². The zero-order chi connectivity index (χ0) is 29.6. The van der Waals surface area contributed by atoms with Crippen molar-refractivity contribution in [1.29, 1.82) is 0 Å². The van der Waals surface area contributed by atoms with Crippen LogP contribution in [0.15, 0.2) is 65.6 Å². The van der Waals surface area contributed by atoms with Gasteiger partial charge in [-0.1, -0.05) is 18.2 Å². The molecule has 3 aromatic carbocycles. The van der Waals surface area contributed by atoms with Gasteiger partial charge in [-0.05, 0) is 99.0 Å². The van der Waals surface area contributed by atoms with Gasteiger partial charge >= 0.3 is 6.09 Å². The summed E-state index contributed by atoms with van der Waals surface area (Å²) >= 11 is 1.74. The Balaban J connectivity index is 1.60. The summed E-state index contributed by atoms with van der Waals surface area (Å²) < 4.78 is 22.3. The lowest BCUT2D eigenvalue weighted by atomic mass is 9.99. The number of hydrogen-bond acceptors (Lipinski definition) is 7. The molecule has 1 aliphatic heterocycles. The minimum Gasteiger partial charge on any atom is -0.493 e. The van der Waals surface area contributed by atoms with Crippen molar-refractivity contribution in [3.05, 3.63) is 66.2 Å². The SMILES string of the molecule is COc1cc(-c2cccc(CN(c3ccc(SC)cc3)C3CCN(C(=O)OC(C)(C)C)CC3)c2)cc(OC)c1OC. The normalized spacial score (nSPS) is 14.0. The number of likely N-dealkylation sites (tertiary alicyclic amines) is 1. The Hall–Kier alpha value is -3.52. The number of hydrogen-bond donors (Lipinski definition) is 0. The lowest BCUT2D eigenvalue weighted by molar-refractivity contribution is 0.0204. The quantitative estimate of drug-likeness (QED) is 0.244. The van der Waals surface area contributed by atoms with Crippen LogP contribution in [0.1, 0.15) is 39.2 Å². The molecule has 41 heavy (non-hydrogen) atoms. The van der Waals surface area contributed by atoms with E-state index < -0.39 is 5.60 Å². The molecule has 0 aromatic heterocycles. The first-order valence-corrected chi connectivity index (χ1v) is 15.2. The van der Waals surface area contributed by atoms with Crippen LogP contribution in [0.3, 0.4) is 0 Å². The molecule has 0 bridgehead atoms. The van der Waals surface area contributed by atoms with Crippen LogP contribution in [-0.4, -0.2) is 63.3 Å². The van der Waals surface area contributed by atoms with E-state index in [2.05, 4.69) is 59.7 Å². The van der Waals surface area contributed by atoms with Crippen molar-refractivity contribution < 1.29 is 23.7 Å². The molecule has 0 N–H and O–H groups in total. The molecule has 0 radical (unpaired) electrons. The molecule has 220 valence electrons. The highest BCUT2D eigenvalue weighted by atomic mass is 32.2. The molecule has 1 heterocycles. The molecule has 4 rings (SSSR count). The van der Waals surface area contributed by atoms with Gasteiger partial charge in [-0.2, -0.15) is 0 Å². The fourth-order valence-corrected chi connectivity index (χ4v) is 5.59. The third-order valence-electron chi connectivity index (χ3n) is 7.24. The first-order chi connectivity index (χ1) is 19.6. The van der Waals surface area contributed by atoms with Crippen LogP contribution < -0.4 is 19.1 Å². The van der Waals surface area contributed by atoms with Gasteiger partial charge in [0.05, 0.1) is 21.3 Å². The molecular formula is C33H42N2O5S. The van der Waals surface area contributed by atoms with Gasteiger partial charge < -0.3 is 28.7 Å². The van der Waals surface area contributed by atoms with E-state index in [0.29, 0.717) is 36.4 Å². The lowest BCUT2D eigenvalue weighted by Gasteiger charge is -2.40. The summed E-state index contributed by atoms with van der Waals surface area (Å²) in [6, 6.07) is 21.6. The summed E-state index contributed by atoms with van der Waals surface area (Å²) in [6.45, 7) is 7.81. The smallest absolute Gasteiger partial charge is 0.410 e. The van der Waals surface area contributed by atoms with Crippen LogP contribution >= 0.6 is 11.8 Å². The highest BCUT2D eigenvalue weighted by molar-refractivity contribution is 7.98. The van der Waals surface area contributed by atoms with E-state index in [4.69, 9.17) is 18.9 Å². The van der Waals surface area contributed by atoms with Crippen molar-refractivity contribution in [2.45, 2.75) is 56.7 Å². The number of piperidine rings is 1. The van der Waals surface area contributed by atoms with Crippen molar-refractivity contribution >= 4 is 23.5 Å². The molecule has 1 amide bonds. The summed E-state index contributed by atoms with van der Waals surface area (Å²) in [4.78, 5) is 18.2. The second-order valence-corrected chi connectivity index (χ2v) is 12.0. The van der Waals surface area contributed by atoms with Crippen LogP contribution in [0.4, 0.5) is 10.5 Å². The molecule has 0 spiro atoms. The Kier molecular flexibility index (Phi) is 9.97. The Morgan fingerprint density at radius 1 is 0.902 bits per heavy atom. The molecule has 3 aromatic rings. The van der Waals surface area contributed by atoms with Crippen molar-refractivity contribution in [3.8, 4) is 28.4 Å². The van der Waals surface area contributed by atoms with E-state index in [1.54, 1.807) is 33.1 Å². The van der Waals surface area contributed by atoms with Crippen LogP contribution in [0, 0.1) is 0 Å². The number of benzene rings is 3. The first-order valence-electron chi connectivity index (χ1n) is 13.9. The van der Waals surface area contributed by atoms with Crippen molar-refractivity contribution in [2.24, 2.45) is 0 Å². The fraction of sp³-hybridized carbons (Fsp3) is 0.424. The monoisotopic (exact) mass is 578 g/mol. The number of amides is 1. The average molecular weight is 579 g/mol. The molecule has 1 fully saturated rings. The van der Waals surface area contributed by atoms with Crippen molar-refractivity contribution in [3.63, 3.8) is 0 Å². The van der Waals surface area contributed by atoms with Crippen LogP contribution in [0.25, 0.3) is 11.1 Å². The maximum absolute atomic E-state index is 12.7. The zero-order valence-corrected chi connectivity index (χ0v) is 26.0. The number of carbonyl (C=O) groups excluding carboxylic acids is 1. The first kappa shape index (κ1) is 30.4. The summed E-state index contributed by atoms with van der Waals surface area (Å²) in [6.07, 6.45) is 3.60. The Morgan fingerprint density at radius 3 is 2.07 bits per heavy atom. The predicted molar refractivity (Wildman–Crippen MR) is 167 cm³/mol. The number of nitrogens with zero attached hydrogens (tertiary/aromatic N) is 2. The molecule has 0 aliphatic carbocycles. The Morgan fingerprint density at radius 2 is 1.54 bits per heavy atom. The van der Waals surface area contributed by atoms with Crippen molar-refractivity contribution in [2.75, 3.05) is 45.6 Å². The molecule has 1 saturated heterocycles. The van der Waals surface area contributed by atoms with Crippen LogP contribution in [0.2, 0.25) is 0 Å². The van der Waals surface area contributed by atoms with E-state index in [9.17, 15) is 4.79 Å². The largest absolute Gasteiger partial charge is 0.493 e. The van der Waals surface area contributed by atoms with Crippen LogP contribution in [0.5, 0.6) is 17.2 Å². The number of rotatable bonds is 9. The predicted octanol–water partition coefficient (Wildman–Crippen LogP) is 7.51. The number of methoxy groups -OCH3 is 3. The highest BCUT2D eigenvalue weighted by Crippen LogP contribution is 2.41. The number of ether oxygens (including phenoxy) is 4. The third-order valence-corrected chi connectivity index (χ3v) is 7.98. The molecule has 7 nitrogen and oxygen atoms in total. The minimum atomic E-state index is -0.498. The average Bonchev–Trinajstić information content (AvgIpc) is 2.98. The van der Waals surface area contributed by atoms with E-state index in [-0.39, 0.29) is 6.09 Å².